The van der Waals surface area contributed by atoms with Gasteiger partial charge in [0.05, 0.1) is 4.88 Å². The second-order valence-electron chi connectivity index (χ2n) is 5.12. The van der Waals surface area contributed by atoms with Crippen LogP contribution in [0.25, 0.3) is 10.8 Å². The first kappa shape index (κ1) is 16.7. The van der Waals surface area contributed by atoms with Crippen LogP contribution < -0.4 is 16.4 Å². The molecule has 2 N–H and O–H groups in total. The van der Waals surface area contributed by atoms with Crippen LogP contribution in [-0.4, -0.2) is 21.6 Å². The van der Waals surface area contributed by atoms with Crippen molar-refractivity contribution in [2.75, 3.05) is 10.6 Å². The maximum Gasteiger partial charge on any atom is 0.437 e. The van der Waals surface area contributed by atoms with Crippen molar-refractivity contribution in [2.45, 2.75) is 13.5 Å². The summed E-state index contributed by atoms with van der Waals surface area (Å²) in [5.41, 5.74) is 1.05. The fourth-order valence-electron chi connectivity index (χ4n) is 2.12. The molecule has 0 saturated carbocycles. The summed E-state index contributed by atoms with van der Waals surface area (Å²) in [6.07, 6.45) is 0. The second-order valence-corrected chi connectivity index (χ2v) is 6.07. The molecular weight excluding hydrogens is 344 g/mol. The third kappa shape index (κ3) is 4.21. The lowest BCUT2D eigenvalue weighted by Gasteiger charge is -2.07. The molecule has 0 saturated heterocycles. The molecule has 25 heavy (non-hydrogen) atoms. The fourth-order valence-corrected chi connectivity index (χ4v) is 2.76. The molecule has 128 valence electrons. The van der Waals surface area contributed by atoms with E-state index in [1.54, 1.807) is 30.3 Å². The van der Waals surface area contributed by atoms with Crippen LogP contribution in [0.15, 0.2) is 51.0 Å². The molecule has 0 radical (unpaired) electrons. The number of hydrogen-bond donors (Lipinski definition) is 2. The lowest BCUT2D eigenvalue weighted by atomic mass is 10.2. The average molecular weight is 358 g/mol. The van der Waals surface area contributed by atoms with Crippen molar-refractivity contribution in [2.24, 2.45) is 0 Å². The van der Waals surface area contributed by atoms with Crippen LogP contribution in [-0.2, 0) is 16.1 Å². The second kappa shape index (κ2) is 7.14. The molecule has 0 aliphatic heterocycles. The fraction of sp³-hybridized carbons (Fsp3) is 0.125. The molecule has 9 heteroatoms. The van der Waals surface area contributed by atoms with Crippen molar-refractivity contribution < 1.29 is 14.0 Å². The molecule has 8 nitrogen and oxygen atoms in total. The molecule has 3 rings (SSSR count). The van der Waals surface area contributed by atoms with Crippen LogP contribution in [0.4, 0.5) is 11.4 Å². The monoisotopic (exact) mass is 358 g/mol. The molecule has 0 unspecified atom stereocenters. The number of thiophene rings is 1. The maximum atomic E-state index is 12.1. The van der Waals surface area contributed by atoms with Gasteiger partial charge in [0.2, 0.25) is 11.8 Å². The molecule has 1 aromatic carbocycles. The zero-order valence-corrected chi connectivity index (χ0v) is 14.0. The van der Waals surface area contributed by atoms with Gasteiger partial charge in [-0.2, -0.15) is 4.68 Å². The van der Waals surface area contributed by atoms with Crippen LogP contribution >= 0.6 is 11.3 Å². The van der Waals surface area contributed by atoms with E-state index in [0.717, 1.165) is 4.68 Å². The first-order chi connectivity index (χ1) is 12.0. The lowest BCUT2D eigenvalue weighted by Crippen LogP contribution is -2.25. The van der Waals surface area contributed by atoms with E-state index in [4.69, 9.17) is 4.42 Å². The van der Waals surface area contributed by atoms with E-state index in [1.807, 2.05) is 11.4 Å². The number of nitrogens with one attached hydrogen (secondary N) is 2. The van der Waals surface area contributed by atoms with E-state index in [0.29, 0.717) is 16.3 Å². The van der Waals surface area contributed by atoms with E-state index in [-0.39, 0.29) is 18.3 Å². The summed E-state index contributed by atoms with van der Waals surface area (Å²) in [7, 11) is 0. The summed E-state index contributed by atoms with van der Waals surface area (Å²) < 4.78 is 6.01. The highest BCUT2D eigenvalue weighted by molar-refractivity contribution is 7.13. The molecule has 0 spiro atoms. The van der Waals surface area contributed by atoms with Crippen molar-refractivity contribution in [3.05, 3.63) is 52.3 Å². The first-order valence-corrected chi connectivity index (χ1v) is 8.18. The Balaban J connectivity index is 1.69. The lowest BCUT2D eigenvalue weighted by molar-refractivity contribution is -0.117. The molecule has 0 atom stereocenters. The van der Waals surface area contributed by atoms with Gasteiger partial charge in [-0.25, -0.2) is 4.79 Å². The Hall–Kier alpha value is -3.20. The van der Waals surface area contributed by atoms with E-state index in [2.05, 4.69) is 15.7 Å². The Morgan fingerprint density at radius 2 is 1.96 bits per heavy atom. The molecular formula is C16H14N4O4S. The predicted octanol–water partition coefficient (Wildman–Crippen LogP) is 2.16. The van der Waals surface area contributed by atoms with Crippen LogP contribution in [0, 0.1) is 0 Å². The Morgan fingerprint density at radius 3 is 2.64 bits per heavy atom. The number of aromatic nitrogens is 2. The molecule has 3 aromatic rings. The summed E-state index contributed by atoms with van der Waals surface area (Å²) in [4.78, 5) is 35.7. The van der Waals surface area contributed by atoms with Gasteiger partial charge >= 0.3 is 5.76 Å². The van der Waals surface area contributed by atoms with Crippen molar-refractivity contribution in [1.82, 2.24) is 9.78 Å². The number of carbonyl (C=O) groups excluding carboxylic acids is 2. The number of benzene rings is 1. The normalized spacial score (nSPS) is 10.4. The highest BCUT2D eigenvalue weighted by atomic mass is 32.1. The Bertz CT molecular complexity index is 959. The number of anilines is 2. The van der Waals surface area contributed by atoms with Crippen LogP contribution in [0.2, 0.25) is 0 Å². The van der Waals surface area contributed by atoms with Crippen molar-refractivity contribution in [3.63, 3.8) is 0 Å². The van der Waals surface area contributed by atoms with Gasteiger partial charge in [-0.3, -0.25) is 9.59 Å². The van der Waals surface area contributed by atoms with Gasteiger partial charge in [-0.15, -0.1) is 16.4 Å². The standard InChI is InChI=1S/C16H14N4O4S/c1-10(21)17-11-4-2-5-12(8-11)18-14(22)9-20-16(23)24-15(19-20)13-6-3-7-25-13/h2-8H,9H2,1H3,(H,17,21)(H,18,22). The average Bonchev–Trinajstić information content (AvgIpc) is 3.17. The topological polar surface area (TPSA) is 106 Å². The summed E-state index contributed by atoms with van der Waals surface area (Å²) in [5.74, 6) is -1.17. The maximum absolute atomic E-state index is 12.1. The molecule has 2 amide bonds. The molecule has 2 heterocycles. The summed E-state index contributed by atoms with van der Waals surface area (Å²) in [6, 6.07) is 10.3. The third-order valence-electron chi connectivity index (χ3n) is 3.10. The van der Waals surface area contributed by atoms with Crippen LogP contribution in [0.5, 0.6) is 0 Å². The van der Waals surface area contributed by atoms with E-state index >= 15 is 0 Å². The SMILES string of the molecule is CC(=O)Nc1cccc(NC(=O)Cn2nc(-c3cccs3)oc2=O)c1. The molecule has 0 fully saturated rings. The van der Waals surface area contributed by atoms with Crippen LogP contribution in [0.3, 0.4) is 0 Å². The molecule has 0 aliphatic rings. The minimum Gasteiger partial charge on any atom is -0.387 e. The predicted molar refractivity (Wildman–Crippen MR) is 93.5 cm³/mol. The number of carbonyl (C=O) groups is 2. The summed E-state index contributed by atoms with van der Waals surface area (Å²) in [6.45, 7) is 1.12. The summed E-state index contributed by atoms with van der Waals surface area (Å²) in [5, 5.41) is 11.1. The quantitative estimate of drug-likeness (QED) is 0.727. The molecule has 0 bridgehead atoms. The minimum absolute atomic E-state index is 0.181. The van der Waals surface area contributed by atoms with E-state index < -0.39 is 11.7 Å². The van der Waals surface area contributed by atoms with E-state index in [1.165, 1.54) is 18.3 Å². The van der Waals surface area contributed by atoms with Crippen molar-refractivity contribution in [1.29, 1.82) is 0 Å². The van der Waals surface area contributed by atoms with Gasteiger partial charge in [0.1, 0.15) is 6.54 Å². The largest absolute Gasteiger partial charge is 0.437 e. The number of amides is 2. The smallest absolute Gasteiger partial charge is 0.387 e. The van der Waals surface area contributed by atoms with Gasteiger partial charge in [-0.05, 0) is 29.6 Å². The van der Waals surface area contributed by atoms with Crippen molar-refractivity contribution >= 4 is 34.5 Å². The van der Waals surface area contributed by atoms with Gasteiger partial charge in [0.25, 0.3) is 5.89 Å². The Kier molecular flexibility index (Phi) is 4.75. The Labute approximate surface area is 146 Å². The Morgan fingerprint density at radius 1 is 1.20 bits per heavy atom. The van der Waals surface area contributed by atoms with Gasteiger partial charge < -0.3 is 15.1 Å². The number of hydrogen-bond acceptors (Lipinski definition) is 6. The van der Waals surface area contributed by atoms with E-state index in [9.17, 15) is 14.4 Å². The summed E-state index contributed by atoms with van der Waals surface area (Å²) >= 11 is 1.38. The zero-order valence-electron chi connectivity index (χ0n) is 13.2. The number of rotatable bonds is 5. The highest BCUT2D eigenvalue weighted by Crippen LogP contribution is 2.21. The third-order valence-corrected chi connectivity index (χ3v) is 3.96. The van der Waals surface area contributed by atoms with Crippen LogP contribution in [0.1, 0.15) is 6.92 Å². The minimum atomic E-state index is -0.703. The van der Waals surface area contributed by atoms with Gasteiger partial charge in [0.15, 0.2) is 0 Å². The zero-order chi connectivity index (χ0) is 17.8. The van der Waals surface area contributed by atoms with Gasteiger partial charge in [-0.1, -0.05) is 12.1 Å². The first-order valence-electron chi connectivity index (χ1n) is 7.30. The van der Waals surface area contributed by atoms with Crippen molar-refractivity contribution in [3.8, 4) is 10.8 Å². The molecule has 0 aliphatic carbocycles. The highest BCUT2D eigenvalue weighted by Gasteiger charge is 2.14. The van der Waals surface area contributed by atoms with Gasteiger partial charge in [0, 0.05) is 18.3 Å². The number of nitrogens with zero attached hydrogens (tertiary/aromatic N) is 2. The molecule has 2 aromatic heterocycles.